The second kappa shape index (κ2) is 2.83. The smallest absolute Gasteiger partial charge is 0.247 e. The summed E-state index contributed by atoms with van der Waals surface area (Å²) >= 11 is 0. The molecule has 0 saturated heterocycles. The summed E-state index contributed by atoms with van der Waals surface area (Å²) in [5.74, 6) is 0. The molecule has 0 aliphatic heterocycles. The van der Waals surface area contributed by atoms with E-state index in [0.29, 0.717) is 12.1 Å². The zero-order valence-corrected chi connectivity index (χ0v) is 7.52. The lowest BCUT2D eigenvalue weighted by atomic mass is 10.2. The average molecular weight is 199 g/mol. The molecule has 1 aromatic heterocycles. The SMILES string of the molecule is CC1=Cc2ccc(C(F)(F)F)nc2C1. The molecule has 14 heavy (non-hydrogen) atoms. The third-order valence-electron chi connectivity index (χ3n) is 2.15. The highest BCUT2D eigenvalue weighted by Gasteiger charge is 2.33. The second-order valence-corrected chi connectivity index (χ2v) is 3.40. The average Bonchev–Trinajstić information content (AvgIpc) is 2.41. The van der Waals surface area contributed by atoms with Crippen molar-refractivity contribution in [1.29, 1.82) is 0 Å². The first kappa shape index (κ1) is 9.24. The van der Waals surface area contributed by atoms with Crippen molar-refractivity contribution in [3.8, 4) is 0 Å². The Hall–Kier alpha value is -1.32. The number of allylic oxidation sites excluding steroid dienone is 1. The van der Waals surface area contributed by atoms with Gasteiger partial charge in [0.1, 0.15) is 5.69 Å². The fraction of sp³-hybridized carbons (Fsp3) is 0.300. The summed E-state index contributed by atoms with van der Waals surface area (Å²) in [6, 6.07) is 2.50. The van der Waals surface area contributed by atoms with Crippen LogP contribution in [0.2, 0.25) is 0 Å². The molecule has 0 saturated carbocycles. The number of pyridine rings is 1. The van der Waals surface area contributed by atoms with Gasteiger partial charge >= 0.3 is 6.18 Å². The molecule has 0 spiro atoms. The lowest BCUT2D eigenvalue weighted by molar-refractivity contribution is -0.141. The van der Waals surface area contributed by atoms with Gasteiger partial charge in [0.25, 0.3) is 0 Å². The summed E-state index contributed by atoms with van der Waals surface area (Å²) in [5, 5.41) is 0. The summed E-state index contributed by atoms with van der Waals surface area (Å²) in [6.45, 7) is 1.88. The minimum absolute atomic E-state index is 0.525. The van der Waals surface area contributed by atoms with Gasteiger partial charge in [-0.15, -0.1) is 0 Å². The standard InChI is InChI=1S/C10H8F3N/c1-6-4-7-2-3-9(10(11,12)13)14-8(7)5-6/h2-4H,5H2,1H3. The van der Waals surface area contributed by atoms with Gasteiger partial charge in [0.05, 0.1) is 5.69 Å². The van der Waals surface area contributed by atoms with Crippen LogP contribution >= 0.6 is 0 Å². The van der Waals surface area contributed by atoms with Crippen LogP contribution in [-0.2, 0) is 12.6 Å². The maximum atomic E-state index is 12.3. The molecule has 74 valence electrons. The Labute approximate surface area is 79.3 Å². The third kappa shape index (κ3) is 1.52. The molecule has 1 nitrogen and oxygen atoms in total. The van der Waals surface area contributed by atoms with Gasteiger partial charge in [-0.1, -0.05) is 17.7 Å². The number of hydrogen-bond acceptors (Lipinski definition) is 1. The highest BCUT2D eigenvalue weighted by molar-refractivity contribution is 5.61. The molecular formula is C10H8F3N. The van der Waals surface area contributed by atoms with E-state index in [2.05, 4.69) is 4.98 Å². The molecule has 0 N–H and O–H groups in total. The second-order valence-electron chi connectivity index (χ2n) is 3.40. The number of aromatic nitrogens is 1. The zero-order valence-electron chi connectivity index (χ0n) is 7.52. The maximum absolute atomic E-state index is 12.3. The number of nitrogens with zero attached hydrogens (tertiary/aromatic N) is 1. The van der Waals surface area contributed by atoms with Crippen molar-refractivity contribution in [3.63, 3.8) is 0 Å². The van der Waals surface area contributed by atoms with Crippen LogP contribution < -0.4 is 0 Å². The molecular weight excluding hydrogens is 191 g/mol. The molecule has 0 bridgehead atoms. The molecule has 1 heterocycles. The van der Waals surface area contributed by atoms with Gasteiger partial charge in [0, 0.05) is 6.42 Å². The normalized spacial score (nSPS) is 15.3. The van der Waals surface area contributed by atoms with E-state index in [1.165, 1.54) is 6.07 Å². The lowest BCUT2D eigenvalue weighted by Crippen LogP contribution is -2.09. The topological polar surface area (TPSA) is 12.9 Å². The number of hydrogen-bond donors (Lipinski definition) is 0. The van der Waals surface area contributed by atoms with E-state index in [9.17, 15) is 13.2 Å². The summed E-state index contributed by atoms with van der Waals surface area (Å²) < 4.78 is 36.8. The molecule has 0 unspecified atom stereocenters. The van der Waals surface area contributed by atoms with Crippen molar-refractivity contribution in [2.75, 3.05) is 0 Å². The van der Waals surface area contributed by atoms with Crippen LogP contribution in [0.5, 0.6) is 0 Å². The Balaban J connectivity index is 2.42. The van der Waals surface area contributed by atoms with Gasteiger partial charge in [-0.05, 0) is 18.6 Å². The van der Waals surface area contributed by atoms with Crippen LogP contribution in [0, 0.1) is 0 Å². The van der Waals surface area contributed by atoms with Crippen LogP contribution in [0.3, 0.4) is 0 Å². The third-order valence-corrected chi connectivity index (χ3v) is 2.15. The van der Waals surface area contributed by atoms with E-state index >= 15 is 0 Å². The van der Waals surface area contributed by atoms with E-state index < -0.39 is 11.9 Å². The van der Waals surface area contributed by atoms with Crippen molar-refractivity contribution < 1.29 is 13.2 Å². The van der Waals surface area contributed by atoms with E-state index in [1.54, 1.807) is 0 Å². The van der Waals surface area contributed by atoms with Crippen molar-refractivity contribution in [2.24, 2.45) is 0 Å². The first-order valence-corrected chi connectivity index (χ1v) is 4.21. The van der Waals surface area contributed by atoms with Gasteiger partial charge in [-0.3, -0.25) is 0 Å². The van der Waals surface area contributed by atoms with Crippen LogP contribution in [0.15, 0.2) is 17.7 Å². The van der Waals surface area contributed by atoms with Crippen molar-refractivity contribution in [1.82, 2.24) is 4.98 Å². The van der Waals surface area contributed by atoms with E-state index in [0.717, 1.165) is 17.2 Å². The first-order valence-electron chi connectivity index (χ1n) is 4.21. The van der Waals surface area contributed by atoms with Crippen LogP contribution in [-0.4, -0.2) is 4.98 Å². The minimum Gasteiger partial charge on any atom is -0.247 e. The molecule has 1 aromatic rings. The molecule has 4 heteroatoms. The lowest BCUT2D eigenvalue weighted by Gasteiger charge is -2.06. The largest absolute Gasteiger partial charge is 0.433 e. The number of fused-ring (bicyclic) bond motifs is 1. The molecule has 0 aromatic carbocycles. The fourth-order valence-electron chi connectivity index (χ4n) is 1.52. The maximum Gasteiger partial charge on any atom is 0.433 e. The molecule has 0 radical (unpaired) electrons. The molecule has 0 atom stereocenters. The van der Waals surface area contributed by atoms with Crippen molar-refractivity contribution in [3.05, 3.63) is 34.7 Å². The van der Waals surface area contributed by atoms with Gasteiger partial charge in [0.15, 0.2) is 0 Å². The highest BCUT2D eigenvalue weighted by Crippen LogP contribution is 2.31. The minimum atomic E-state index is -4.34. The van der Waals surface area contributed by atoms with Crippen LogP contribution in [0.4, 0.5) is 13.2 Å². The van der Waals surface area contributed by atoms with Gasteiger partial charge in [0.2, 0.25) is 0 Å². The Bertz CT molecular complexity index is 404. The monoisotopic (exact) mass is 199 g/mol. The van der Waals surface area contributed by atoms with E-state index in [-0.39, 0.29) is 0 Å². The van der Waals surface area contributed by atoms with Crippen molar-refractivity contribution in [2.45, 2.75) is 19.5 Å². The Morgan fingerprint density at radius 2 is 2.00 bits per heavy atom. The Kier molecular flexibility index (Phi) is 1.87. The fourth-order valence-corrected chi connectivity index (χ4v) is 1.52. The summed E-state index contributed by atoms with van der Waals surface area (Å²) in [7, 11) is 0. The summed E-state index contributed by atoms with van der Waals surface area (Å²) in [4.78, 5) is 3.60. The predicted molar refractivity (Wildman–Crippen MR) is 46.6 cm³/mol. The van der Waals surface area contributed by atoms with Gasteiger partial charge in [-0.25, -0.2) is 4.98 Å². The molecule has 2 rings (SSSR count). The quantitative estimate of drug-likeness (QED) is 0.625. The predicted octanol–water partition coefficient (Wildman–Crippen LogP) is 3.06. The Morgan fingerprint density at radius 3 is 2.64 bits per heavy atom. The van der Waals surface area contributed by atoms with E-state index in [4.69, 9.17) is 0 Å². The first-order chi connectivity index (χ1) is 6.47. The zero-order chi connectivity index (χ0) is 10.3. The molecule has 0 fully saturated rings. The molecule has 0 amide bonds. The van der Waals surface area contributed by atoms with E-state index in [1.807, 2.05) is 13.0 Å². The van der Waals surface area contributed by atoms with Crippen LogP contribution in [0.25, 0.3) is 6.08 Å². The Morgan fingerprint density at radius 1 is 1.29 bits per heavy atom. The van der Waals surface area contributed by atoms with Gasteiger partial charge < -0.3 is 0 Å². The molecule has 1 aliphatic carbocycles. The van der Waals surface area contributed by atoms with Crippen molar-refractivity contribution >= 4 is 6.08 Å². The number of halogens is 3. The van der Waals surface area contributed by atoms with Gasteiger partial charge in [-0.2, -0.15) is 13.2 Å². The van der Waals surface area contributed by atoms with Crippen LogP contribution in [0.1, 0.15) is 23.9 Å². The summed E-state index contributed by atoms with van der Waals surface area (Å²) in [5.41, 5.74) is 1.57. The highest BCUT2D eigenvalue weighted by atomic mass is 19.4. The molecule has 1 aliphatic rings. The summed E-state index contributed by atoms with van der Waals surface area (Å²) in [6.07, 6.45) is -1.95. The number of alkyl halides is 3. The number of rotatable bonds is 0.